The largest absolute Gasteiger partial charge is 0.463 e. The maximum Gasteiger partial charge on any atom is 0.303 e. The maximum absolute atomic E-state index is 12.2. The van der Waals surface area contributed by atoms with Crippen LogP contribution in [-0.2, 0) is 90.5 Å². The first-order chi connectivity index (χ1) is 21.9. The van der Waals surface area contributed by atoms with Crippen LogP contribution in [0.4, 0.5) is 0 Å². The molecule has 0 radical (unpaired) electrons. The van der Waals surface area contributed by atoms with Crippen molar-refractivity contribution in [2.24, 2.45) is 0 Å². The van der Waals surface area contributed by atoms with Gasteiger partial charge in [-0.2, -0.15) is 0 Å². The standard InChI is InChI=1S/C28H38O19/c1-11(29)37-9-19-21(39-13(3)31)23(41-15(5)33)25(43-17(7)35)27(45-19)47-28-26(44-18(8)36)24(42-16(6)34)22(40-14(4)32)20(46-28)10-38-12(2)30/h19-28H,9-10H2,1-8H3/t19-,20+,21+,22-,23+,24-,25+,26-,27+,28-. The molecule has 10 atom stereocenters. The van der Waals surface area contributed by atoms with Crippen molar-refractivity contribution in [2.45, 2.75) is 117 Å². The molecule has 2 fully saturated rings. The lowest BCUT2D eigenvalue weighted by Crippen LogP contribution is -2.66. The van der Waals surface area contributed by atoms with Crippen molar-refractivity contribution in [1.29, 1.82) is 0 Å². The molecule has 0 saturated carbocycles. The third kappa shape index (κ3) is 12.1. The van der Waals surface area contributed by atoms with Gasteiger partial charge in [0.15, 0.2) is 36.6 Å². The highest BCUT2D eigenvalue weighted by atomic mass is 16.8. The first-order valence-corrected chi connectivity index (χ1v) is 14.2. The third-order valence-corrected chi connectivity index (χ3v) is 6.16. The van der Waals surface area contributed by atoms with Gasteiger partial charge < -0.3 is 52.1 Å². The van der Waals surface area contributed by atoms with Crippen molar-refractivity contribution in [2.75, 3.05) is 13.2 Å². The molecule has 0 amide bonds. The average molecular weight is 679 g/mol. The smallest absolute Gasteiger partial charge is 0.303 e. The molecule has 264 valence electrons. The Kier molecular flexibility index (Phi) is 14.5. The van der Waals surface area contributed by atoms with E-state index in [0.717, 1.165) is 55.4 Å². The molecule has 19 nitrogen and oxygen atoms in total. The van der Waals surface area contributed by atoms with Crippen LogP contribution in [0.2, 0.25) is 0 Å². The van der Waals surface area contributed by atoms with E-state index in [1.165, 1.54) is 0 Å². The molecule has 2 heterocycles. The SMILES string of the molecule is CC(=O)OC[C@@H]1O[C@H](O[C@@H]2O[C@H](COC(C)=O)[C@H](OC(C)=O)[C@H](OC(C)=O)[C@@H]2OC(C)=O)[C@H](OC(C)=O)[C@H](OC(C)=O)[C@@H]1OC(C)=O. The zero-order valence-corrected chi connectivity index (χ0v) is 26.9. The summed E-state index contributed by atoms with van der Waals surface area (Å²) in [6.45, 7) is 7.10. The highest BCUT2D eigenvalue weighted by Gasteiger charge is 2.57. The molecule has 0 aromatic rings. The molecule has 0 aromatic heterocycles. The van der Waals surface area contributed by atoms with Crippen molar-refractivity contribution in [3.05, 3.63) is 0 Å². The molecule has 0 N–H and O–H groups in total. The predicted octanol–water partition coefficient (Wildman–Crippen LogP) is -0.831. The number of hydrogen-bond donors (Lipinski definition) is 0. The lowest BCUT2D eigenvalue weighted by molar-refractivity contribution is -0.377. The van der Waals surface area contributed by atoms with Gasteiger partial charge in [-0.1, -0.05) is 0 Å². The lowest BCUT2D eigenvalue weighted by Gasteiger charge is -2.48. The van der Waals surface area contributed by atoms with Gasteiger partial charge in [0.2, 0.25) is 12.6 Å². The summed E-state index contributed by atoms with van der Waals surface area (Å²) >= 11 is 0. The fraction of sp³-hybridized carbons (Fsp3) is 0.714. The van der Waals surface area contributed by atoms with Gasteiger partial charge in [0.25, 0.3) is 0 Å². The Morgan fingerprint density at radius 1 is 0.383 bits per heavy atom. The lowest BCUT2D eigenvalue weighted by atomic mass is 9.96. The van der Waals surface area contributed by atoms with E-state index in [4.69, 9.17) is 52.1 Å². The van der Waals surface area contributed by atoms with Gasteiger partial charge in [0.05, 0.1) is 0 Å². The number of ether oxygens (including phenoxy) is 11. The second-order valence-corrected chi connectivity index (χ2v) is 10.3. The topological polar surface area (TPSA) is 238 Å². The zero-order valence-electron chi connectivity index (χ0n) is 26.9. The summed E-state index contributed by atoms with van der Waals surface area (Å²) in [6.07, 6.45) is -16.3. The molecular formula is C28H38O19. The van der Waals surface area contributed by atoms with Gasteiger partial charge in [0.1, 0.15) is 25.4 Å². The number of rotatable bonds is 12. The molecule has 2 aliphatic rings. The van der Waals surface area contributed by atoms with E-state index in [1.54, 1.807) is 0 Å². The van der Waals surface area contributed by atoms with Crippen LogP contribution in [-0.4, -0.2) is 122 Å². The van der Waals surface area contributed by atoms with E-state index in [9.17, 15) is 38.4 Å². The van der Waals surface area contributed by atoms with Crippen LogP contribution < -0.4 is 0 Å². The summed E-state index contributed by atoms with van der Waals surface area (Å²) in [6, 6.07) is 0. The van der Waals surface area contributed by atoms with E-state index in [0.29, 0.717) is 0 Å². The Hall–Kier alpha value is -4.36. The molecule has 2 aliphatic heterocycles. The molecule has 0 aromatic carbocycles. The van der Waals surface area contributed by atoms with E-state index < -0.39 is 122 Å². The molecule has 47 heavy (non-hydrogen) atoms. The number of hydrogen-bond acceptors (Lipinski definition) is 19. The molecule has 0 unspecified atom stereocenters. The number of carbonyl (C=O) groups excluding carboxylic acids is 8. The predicted molar refractivity (Wildman–Crippen MR) is 145 cm³/mol. The third-order valence-electron chi connectivity index (χ3n) is 6.16. The monoisotopic (exact) mass is 678 g/mol. The van der Waals surface area contributed by atoms with Crippen LogP contribution in [0.1, 0.15) is 55.4 Å². The maximum atomic E-state index is 12.2. The number of carbonyl (C=O) groups is 8. The molecule has 2 saturated heterocycles. The second kappa shape index (κ2) is 17.5. The van der Waals surface area contributed by atoms with Crippen molar-refractivity contribution in [1.82, 2.24) is 0 Å². The van der Waals surface area contributed by atoms with Gasteiger partial charge in [-0.15, -0.1) is 0 Å². The summed E-state index contributed by atoms with van der Waals surface area (Å²) in [7, 11) is 0. The molecular weight excluding hydrogens is 640 g/mol. The van der Waals surface area contributed by atoms with Crippen molar-refractivity contribution in [3.63, 3.8) is 0 Å². The first-order valence-electron chi connectivity index (χ1n) is 14.2. The minimum atomic E-state index is -1.84. The minimum Gasteiger partial charge on any atom is -0.463 e. The summed E-state index contributed by atoms with van der Waals surface area (Å²) in [5.41, 5.74) is 0. The van der Waals surface area contributed by atoms with Crippen LogP contribution in [0.15, 0.2) is 0 Å². The Labute approximate surface area is 268 Å². The van der Waals surface area contributed by atoms with Crippen LogP contribution in [0.25, 0.3) is 0 Å². The van der Waals surface area contributed by atoms with Crippen molar-refractivity contribution < 1.29 is 90.5 Å². The van der Waals surface area contributed by atoms with E-state index in [2.05, 4.69) is 0 Å². The van der Waals surface area contributed by atoms with E-state index in [1.807, 2.05) is 0 Å². The van der Waals surface area contributed by atoms with Gasteiger partial charge in [-0.25, -0.2) is 0 Å². The Balaban J connectivity index is 2.69. The quantitative estimate of drug-likeness (QED) is 0.181. The van der Waals surface area contributed by atoms with Crippen LogP contribution >= 0.6 is 0 Å². The highest BCUT2D eigenvalue weighted by Crippen LogP contribution is 2.35. The average Bonchev–Trinajstić information content (AvgIpc) is 2.91. The summed E-state index contributed by atoms with van der Waals surface area (Å²) in [4.78, 5) is 96.2. The highest BCUT2D eigenvalue weighted by molar-refractivity contribution is 5.70. The normalized spacial score (nSPS) is 30.0. The molecule has 19 heteroatoms. The van der Waals surface area contributed by atoms with Crippen molar-refractivity contribution in [3.8, 4) is 0 Å². The van der Waals surface area contributed by atoms with Crippen LogP contribution in [0, 0.1) is 0 Å². The summed E-state index contributed by atoms with van der Waals surface area (Å²) in [5.74, 6) is -6.98. The zero-order chi connectivity index (χ0) is 35.6. The fourth-order valence-electron chi connectivity index (χ4n) is 4.73. The summed E-state index contributed by atoms with van der Waals surface area (Å²) < 4.78 is 60.1. The van der Waals surface area contributed by atoms with E-state index in [-0.39, 0.29) is 0 Å². The fourth-order valence-corrected chi connectivity index (χ4v) is 4.73. The van der Waals surface area contributed by atoms with Gasteiger partial charge in [-0.05, 0) is 0 Å². The van der Waals surface area contributed by atoms with Crippen LogP contribution in [0.3, 0.4) is 0 Å². The summed E-state index contributed by atoms with van der Waals surface area (Å²) in [5, 5.41) is 0. The molecule has 2 rings (SSSR count). The minimum absolute atomic E-state index is 0.587. The number of esters is 8. The first kappa shape index (κ1) is 38.8. The van der Waals surface area contributed by atoms with E-state index >= 15 is 0 Å². The van der Waals surface area contributed by atoms with Gasteiger partial charge >= 0.3 is 47.8 Å². The Bertz CT molecular complexity index is 1110. The van der Waals surface area contributed by atoms with Gasteiger partial charge in [-0.3, -0.25) is 38.4 Å². The Morgan fingerprint density at radius 3 is 0.894 bits per heavy atom. The van der Waals surface area contributed by atoms with Gasteiger partial charge in [0, 0.05) is 55.4 Å². The molecule has 0 spiro atoms. The molecule has 0 bridgehead atoms. The molecule has 0 aliphatic carbocycles. The Morgan fingerprint density at radius 2 is 0.638 bits per heavy atom. The second-order valence-electron chi connectivity index (χ2n) is 10.3. The van der Waals surface area contributed by atoms with Crippen LogP contribution in [0.5, 0.6) is 0 Å². The van der Waals surface area contributed by atoms with Crippen molar-refractivity contribution >= 4 is 47.8 Å².